The molecule has 1 heterocycles. The molecular formula is C24H29NO2. The molecule has 3 nitrogen and oxygen atoms in total. The van der Waals surface area contributed by atoms with Crippen LogP contribution < -0.4 is 0 Å². The monoisotopic (exact) mass is 363 g/mol. The van der Waals surface area contributed by atoms with Gasteiger partial charge in [-0.2, -0.15) is 0 Å². The van der Waals surface area contributed by atoms with E-state index in [0.717, 1.165) is 32.4 Å². The number of likely N-dealkylation sites (tertiary alicyclic amines) is 1. The highest BCUT2D eigenvalue weighted by Gasteiger charge is 2.42. The third kappa shape index (κ3) is 4.66. The Hall–Kier alpha value is -1.97. The highest BCUT2D eigenvalue weighted by Crippen LogP contribution is 2.38. The zero-order valence-electron chi connectivity index (χ0n) is 15.9. The van der Waals surface area contributed by atoms with Crippen LogP contribution in [0, 0.1) is 11.8 Å². The number of ether oxygens (including phenoxy) is 1. The molecule has 1 saturated heterocycles. The van der Waals surface area contributed by atoms with Crippen molar-refractivity contribution >= 4 is 5.78 Å². The van der Waals surface area contributed by atoms with Crippen LogP contribution in [0.25, 0.3) is 0 Å². The number of carbonyl (C=O) groups excluding carboxylic acids is 1. The van der Waals surface area contributed by atoms with Gasteiger partial charge in [0.05, 0.1) is 6.61 Å². The number of hydrogen-bond acceptors (Lipinski definition) is 3. The molecular weight excluding hydrogens is 334 g/mol. The molecule has 0 amide bonds. The Bertz CT molecular complexity index is 731. The van der Waals surface area contributed by atoms with Crippen molar-refractivity contribution in [2.24, 2.45) is 11.8 Å². The third-order valence-electron chi connectivity index (χ3n) is 6.15. The van der Waals surface area contributed by atoms with E-state index >= 15 is 0 Å². The van der Waals surface area contributed by atoms with E-state index in [1.165, 1.54) is 17.5 Å². The van der Waals surface area contributed by atoms with E-state index in [1.54, 1.807) is 0 Å². The lowest BCUT2D eigenvalue weighted by Crippen LogP contribution is -2.52. The summed E-state index contributed by atoms with van der Waals surface area (Å²) < 4.78 is 5.89. The molecule has 2 aliphatic rings. The van der Waals surface area contributed by atoms with Gasteiger partial charge in [0.25, 0.3) is 0 Å². The zero-order chi connectivity index (χ0) is 18.5. The quantitative estimate of drug-likeness (QED) is 0.680. The fourth-order valence-electron chi connectivity index (χ4n) is 4.72. The SMILES string of the molecule is O=C1C[C@@H]2CCN(Cc3ccccc3)[C@@H](C2)C1CCOCc1ccccc1. The Morgan fingerprint density at radius 1 is 0.963 bits per heavy atom. The number of hydrogen-bond donors (Lipinski definition) is 0. The average Bonchev–Trinajstić information content (AvgIpc) is 2.70. The highest BCUT2D eigenvalue weighted by molar-refractivity contribution is 5.83. The van der Waals surface area contributed by atoms with Crippen molar-refractivity contribution in [2.45, 2.75) is 44.9 Å². The summed E-state index contributed by atoms with van der Waals surface area (Å²) in [5, 5.41) is 0. The first-order valence-corrected chi connectivity index (χ1v) is 10.2. The Kier molecular flexibility index (Phi) is 6.00. The fraction of sp³-hybridized carbons (Fsp3) is 0.458. The number of benzene rings is 2. The van der Waals surface area contributed by atoms with Crippen molar-refractivity contribution in [1.82, 2.24) is 4.90 Å². The van der Waals surface area contributed by atoms with Crippen molar-refractivity contribution in [1.29, 1.82) is 0 Å². The van der Waals surface area contributed by atoms with Crippen molar-refractivity contribution in [3.05, 3.63) is 71.8 Å². The molecule has 0 spiro atoms. The predicted molar refractivity (Wildman–Crippen MR) is 107 cm³/mol. The lowest BCUT2D eigenvalue weighted by Gasteiger charge is -2.46. The van der Waals surface area contributed by atoms with Gasteiger partial charge in [-0.3, -0.25) is 9.69 Å². The van der Waals surface area contributed by atoms with E-state index in [4.69, 9.17) is 4.74 Å². The number of ketones is 1. The van der Waals surface area contributed by atoms with Crippen LogP contribution in [-0.2, 0) is 22.7 Å². The second-order valence-corrected chi connectivity index (χ2v) is 8.02. The zero-order valence-corrected chi connectivity index (χ0v) is 15.9. The van der Waals surface area contributed by atoms with Crippen LogP contribution in [0.1, 0.15) is 36.8 Å². The van der Waals surface area contributed by atoms with Gasteiger partial charge in [-0.15, -0.1) is 0 Å². The fourth-order valence-corrected chi connectivity index (χ4v) is 4.72. The Morgan fingerprint density at radius 3 is 2.41 bits per heavy atom. The topological polar surface area (TPSA) is 29.5 Å². The van der Waals surface area contributed by atoms with Crippen molar-refractivity contribution in [3.8, 4) is 0 Å². The molecule has 2 bridgehead atoms. The largest absolute Gasteiger partial charge is 0.377 e. The van der Waals surface area contributed by atoms with Crippen LogP contribution in [0.15, 0.2) is 60.7 Å². The van der Waals surface area contributed by atoms with E-state index in [-0.39, 0.29) is 5.92 Å². The summed E-state index contributed by atoms with van der Waals surface area (Å²) in [6, 6.07) is 21.3. The molecule has 0 N–H and O–H groups in total. The summed E-state index contributed by atoms with van der Waals surface area (Å²) in [7, 11) is 0. The highest BCUT2D eigenvalue weighted by atomic mass is 16.5. The van der Waals surface area contributed by atoms with Gasteiger partial charge in [-0.25, -0.2) is 0 Å². The maximum absolute atomic E-state index is 12.8. The molecule has 142 valence electrons. The Labute approximate surface area is 162 Å². The summed E-state index contributed by atoms with van der Waals surface area (Å²) in [6.07, 6.45) is 3.95. The van der Waals surface area contributed by atoms with Crippen molar-refractivity contribution in [2.75, 3.05) is 13.2 Å². The molecule has 3 atom stereocenters. The molecule has 1 saturated carbocycles. The van der Waals surface area contributed by atoms with E-state index in [2.05, 4.69) is 47.4 Å². The van der Waals surface area contributed by atoms with Crippen LogP contribution >= 0.6 is 0 Å². The van der Waals surface area contributed by atoms with E-state index in [0.29, 0.717) is 31.0 Å². The molecule has 1 aliphatic heterocycles. The summed E-state index contributed by atoms with van der Waals surface area (Å²) >= 11 is 0. The number of carbonyl (C=O) groups is 1. The molecule has 1 aliphatic carbocycles. The lowest BCUT2D eigenvalue weighted by atomic mass is 9.71. The minimum atomic E-state index is 0.126. The first-order chi connectivity index (χ1) is 13.3. The van der Waals surface area contributed by atoms with Gasteiger partial charge in [0.1, 0.15) is 5.78 Å². The van der Waals surface area contributed by atoms with Gasteiger partial charge >= 0.3 is 0 Å². The van der Waals surface area contributed by atoms with Crippen LogP contribution in [-0.4, -0.2) is 29.9 Å². The molecule has 2 fully saturated rings. The summed E-state index contributed by atoms with van der Waals surface area (Å²) in [5.41, 5.74) is 2.53. The van der Waals surface area contributed by atoms with E-state index in [9.17, 15) is 4.79 Å². The molecule has 2 aromatic rings. The van der Waals surface area contributed by atoms with Gasteiger partial charge in [0, 0.05) is 31.5 Å². The van der Waals surface area contributed by atoms with E-state index in [1.807, 2.05) is 18.2 Å². The lowest BCUT2D eigenvalue weighted by molar-refractivity contribution is -0.133. The summed E-state index contributed by atoms with van der Waals surface area (Å²) in [5.74, 6) is 1.18. The van der Waals surface area contributed by atoms with Crippen LogP contribution in [0.2, 0.25) is 0 Å². The standard InChI is InChI=1S/C24H29NO2/c26-24-16-21-11-13-25(17-19-7-3-1-4-8-19)23(15-21)22(24)12-14-27-18-20-9-5-2-6-10-20/h1-10,21-23H,11-18H2/t21-,22?,23+/m1/s1. The number of piperidine rings is 1. The number of nitrogens with zero attached hydrogens (tertiary/aromatic N) is 1. The molecule has 0 aromatic heterocycles. The molecule has 0 radical (unpaired) electrons. The minimum Gasteiger partial charge on any atom is -0.377 e. The Morgan fingerprint density at radius 2 is 1.67 bits per heavy atom. The third-order valence-corrected chi connectivity index (χ3v) is 6.15. The number of rotatable bonds is 7. The number of Topliss-reactive ketones (excluding diaryl/α,β-unsaturated/α-hetero) is 1. The first-order valence-electron chi connectivity index (χ1n) is 10.2. The smallest absolute Gasteiger partial charge is 0.137 e. The molecule has 3 heteroatoms. The normalized spacial score (nSPS) is 25.5. The second kappa shape index (κ2) is 8.81. The molecule has 2 aromatic carbocycles. The first kappa shape index (κ1) is 18.4. The average molecular weight is 364 g/mol. The van der Waals surface area contributed by atoms with Crippen molar-refractivity contribution in [3.63, 3.8) is 0 Å². The second-order valence-electron chi connectivity index (χ2n) is 8.02. The maximum Gasteiger partial charge on any atom is 0.137 e. The van der Waals surface area contributed by atoms with Gasteiger partial charge in [0.15, 0.2) is 0 Å². The van der Waals surface area contributed by atoms with Crippen LogP contribution in [0.5, 0.6) is 0 Å². The number of fused-ring (bicyclic) bond motifs is 2. The Balaban J connectivity index is 1.35. The minimum absolute atomic E-state index is 0.126. The summed E-state index contributed by atoms with van der Waals surface area (Å²) in [4.78, 5) is 15.3. The van der Waals surface area contributed by atoms with Crippen LogP contribution in [0.4, 0.5) is 0 Å². The van der Waals surface area contributed by atoms with Gasteiger partial charge in [0.2, 0.25) is 0 Å². The molecule has 1 unspecified atom stereocenters. The van der Waals surface area contributed by atoms with Crippen molar-refractivity contribution < 1.29 is 9.53 Å². The molecule has 4 rings (SSSR count). The van der Waals surface area contributed by atoms with E-state index < -0.39 is 0 Å². The van der Waals surface area contributed by atoms with Crippen LogP contribution in [0.3, 0.4) is 0 Å². The summed E-state index contributed by atoms with van der Waals surface area (Å²) in [6.45, 7) is 3.35. The van der Waals surface area contributed by atoms with Gasteiger partial charge in [-0.05, 0) is 42.9 Å². The maximum atomic E-state index is 12.8. The van der Waals surface area contributed by atoms with Gasteiger partial charge < -0.3 is 4.74 Å². The van der Waals surface area contributed by atoms with Gasteiger partial charge in [-0.1, -0.05) is 60.7 Å². The predicted octanol–water partition coefficient (Wildman–Crippen LogP) is 4.46. The molecule has 27 heavy (non-hydrogen) atoms.